The van der Waals surface area contributed by atoms with E-state index >= 15 is 0 Å². The summed E-state index contributed by atoms with van der Waals surface area (Å²) in [5.41, 5.74) is 5.86. The van der Waals surface area contributed by atoms with E-state index < -0.39 is 0 Å². The molecule has 0 unspecified atom stereocenters. The van der Waals surface area contributed by atoms with Crippen molar-refractivity contribution in [2.75, 3.05) is 0 Å². The maximum absolute atomic E-state index is 3.39. The maximum Gasteiger partial charge on any atom is -0.0246 e. The third kappa shape index (κ3) is 6.49. The van der Waals surface area contributed by atoms with Crippen LogP contribution in [0.25, 0.3) is 21.9 Å². The van der Waals surface area contributed by atoms with Gasteiger partial charge in [0.05, 0.1) is 0 Å². The van der Waals surface area contributed by atoms with Crippen molar-refractivity contribution in [2.45, 2.75) is 19.5 Å². The Balaban J connectivity index is 0.000000302. The number of rotatable bonds is 0. The fourth-order valence-corrected chi connectivity index (χ4v) is 3.14. The van der Waals surface area contributed by atoms with Gasteiger partial charge >= 0.3 is 41.9 Å². The van der Waals surface area contributed by atoms with Gasteiger partial charge in [-0.3, -0.25) is 0 Å². The first-order valence-corrected chi connectivity index (χ1v) is 15.0. The molecule has 0 saturated heterocycles. The summed E-state index contributed by atoms with van der Waals surface area (Å²) in [6, 6.07) is 32.7. The van der Waals surface area contributed by atoms with Crippen LogP contribution in [0.15, 0.2) is 84.9 Å². The minimum Gasteiger partial charge on any atom is -1.00 e. The molecule has 0 fully saturated rings. The smallest absolute Gasteiger partial charge is 0.0246 e. The summed E-state index contributed by atoms with van der Waals surface area (Å²) in [6.07, 6.45) is 1.04. The van der Waals surface area contributed by atoms with Crippen molar-refractivity contribution < 1.29 is 48.1 Å². The molecule has 0 heterocycles. The van der Waals surface area contributed by atoms with E-state index in [1.54, 1.807) is 23.3 Å². The summed E-state index contributed by atoms with van der Waals surface area (Å²) < 4.78 is 0. The Kier molecular flexibility index (Phi) is 11.2. The minimum absolute atomic E-state index is 0. The van der Waals surface area contributed by atoms with Gasteiger partial charge in [0.1, 0.15) is 0 Å². The summed E-state index contributed by atoms with van der Waals surface area (Å²) in [7, 11) is 0. The van der Waals surface area contributed by atoms with Gasteiger partial charge in [0.15, 0.2) is 0 Å². The molecule has 28 heavy (non-hydrogen) atoms. The molecular formula is C24H22Cl2SiZr-2. The van der Waals surface area contributed by atoms with Crippen molar-refractivity contribution in [3.05, 3.63) is 102 Å². The molecule has 0 amide bonds. The van der Waals surface area contributed by atoms with E-state index in [0.717, 1.165) is 6.42 Å². The molecule has 5 rings (SSSR count). The molecule has 0 nitrogen and oxygen atoms in total. The molecule has 0 radical (unpaired) electrons. The predicted molar refractivity (Wildman–Crippen MR) is 111 cm³/mol. The van der Waals surface area contributed by atoms with Crippen molar-refractivity contribution in [1.82, 2.24) is 0 Å². The number of halogens is 2. The van der Waals surface area contributed by atoms with E-state index in [4.69, 9.17) is 0 Å². The van der Waals surface area contributed by atoms with Gasteiger partial charge in [-0.25, -0.2) is 12.1 Å². The third-order valence-electron chi connectivity index (χ3n) is 4.18. The van der Waals surface area contributed by atoms with Gasteiger partial charge in [-0.15, -0.1) is 40.6 Å². The Morgan fingerprint density at radius 1 is 0.857 bits per heavy atom. The van der Waals surface area contributed by atoms with Gasteiger partial charge in [-0.05, 0) is 17.5 Å². The second-order valence-corrected chi connectivity index (χ2v) is 15.9. The SMILES string of the molecule is C[Si](C)=[Zr+2].[Cl-].[Cl-].[c-]1cccc2ccc3c(c12)Cc1ccccc1-3.c1cc[cH-]c1. The molecule has 0 N–H and O–H groups in total. The van der Waals surface area contributed by atoms with Crippen LogP contribution in [0.3, 0.4) is 0 Å². The molecule has 142 valence electrons. The van der Waals surface area contributed by atoms with Crippen molar-refractivity contribution in [3.63, 3.8) is 0 Å². The Labute approximate surface area is 195 Å². The maximum atomic E-state index is 3.39. The summed E-state index contributed by atoms with van der Waals surface area (Å²) in [5, 5.41) is 2.57. The molecule has 0 saturated carbocycles. The average molecular weight is 501 g/mol. The number of hydrogen-bond acceptors (Lipinski definition) is 0. The second kappa shape index (κ2) is 12.5. The van der Waals surface area contributed by atoms with Gasteiger partial charge in [-0.2, -0.15) is 18.2 Å². The van der Waals surface area contributed by atoms with E-state index in [2.05, 4.69) is 67.7 Å². The van der Waals surface area contributed by atoms with Crippen molar-refractivity contribution in [1.29, 1.82) is 0 Å². The molecule has 0 aromatic heterocycles. The molecule has 1 aliphatic carbocycles. The molecule has 4 aromatic rings. The van der Waals surface area contributed by atoms with Crippen LogP contribution >= 0.6 is 0 Å². The van der Waals surface area contributed by atoms with E-state index in [-0.39, 0.29) is 30.2 Å². The van der Waals surface area contributed by atoms with Crippen LogP contribution in [0.1, 0.15) is 11.1 Å². The zero-order chi connectivity index (χ0) is 18.4. The third-order valence-corrected chi connectivity index (χ3v) is 4.18. The van der Waals surface area contributed by atoms with Crippen LogP contribution in [0.4, 0.5) is 0 Å². The van der Waals surface area contributed by atoms with Crippen LogP contribution in [-0.2, 0) is 29.8 Å². The quantitative estimate of drug-likeness (QED) is 0.214. The topological polar surface area (TPSA) is 0 Å². The summed E-state index contributed by atoms with van der Waals surface area (Å²) in [5.74, 6) is 0. The van der Waals surface area contributed by atoms with E-state index in [1.165, 1.54) is 33.0 Å². The molecule has 0 bridgehead atoms. The second-order valence-electron chi connectivity index (χ2n) is 6.52. The van der Waals surface area contributed by atoms with E-state index in [1.807, 2.05) is 36.4 Å². The molecule has 1 aliphatic rings. The summed E-state index contributed by atoms with van der Waals surface area (Å²) in [6.45, 7) is 4.62. The first-order chi connectivity index (χ1) is 12.7. The van der Waals surface area contributed by atoms with Crippen LogP contribution in [-0.4, -0.2) is 5.43 Å². The van der Waals surface area contributed by atoms with Crippen LogP contribution in [0.5, 0.6) is 0 Å². The zero-order valence-corrected chi connectivity index (χ0v) is 21.0. The van der Waals surface area contributed by atoms with E-state index in [0.29, 0.717) is 0 Å². The van der Waals surface area contributed by atoms with Crippen LogP contribution in [0, 0.1) is 6.07 Å². The summed E-state index contributed by atoms with van der Waals surface area (Å²) in [4.78, 5) is 0. The standard InChI is InChI=1S/C17H11.C5H5.C2H6Si.2ClH.Zr/c1-3-7-14-12(5-1)9-10-16-15-8-4-2-6-13(15)11-17(14)16;1-2-4-5-3-1;1-3-2;;;/h1-6,8-10H,11H2;1-5H;1-2H3;2*1H;/q2*-1;;;;+2/p-2. The molecular weight excluding hydrogens is 478 g/mol. The van der Waals surface area contributed by atoms with Crippen molar-refractivity contribution >= 4 is 16.2 Å². The van der Waals surface area contributed by atoms with Crippen molar-refractivity contribution in [3.8, 4) is 11.1 Å². The fraction of sp³-hybridized carbons (Fsp3) is 0.125. The summed E-state index contributed by atoms with van der Waals surface area (Å²) >= 11 is 1.74. The van der Waals surface area contributed by atoms with Crippen LogP contribution in [0.2, 0.25) is 13.1 Å². The van der Waals surface area contributed by atoms with Gasteiger partial charge in [0.25, 0.3) is 0 Å². The molecule has 0 atom stereocenters. The largest absolute Gasteiger partial charge is 1.00 e. The zero-order valence-electron chi connectivity index (χ0n) is 16.0. The minimum atomic E-state index is 0. The van der Waals surface area contributed by atoms with Crippen molar-refractivity contribution in [2.24, 2.45) is 0 Å². The van der Waals surface area contributed by atoms with Gasteiger partial charge in [-0.1, -0.05) is 42.0 Å². The number of fused-ring (bicyclic) bond motifs is 5. The first kappa shape index (κ1) is 25.0. The molecule has 4 heteroatoms. The van der Waals surface area contributed by atoms with Crippen LogP contribution < -0.4 is 24.8 Å². The predicted octanol–water partition coefficient (Wildman–Crippen LogP) is 0.409. The Morgan fingerprint density at radius 3 is 2.18 bits per heavy atom. The fourth-order valence-electron chi connectivity index (χ4n) is 3.14. The first-order valence-electron chi connectivity index (χ1n) is 8.86. The number of hydrogen-bond donors (Lipinski definition) is 0. The van der Waals surface area contributed by atoms with Gasteiger partial charge in [0, 0.05) is 0 Å². The normalized spacial score (nSPS) is 10.0. The molecule has 0 aliphatic heterocycles. The van der Waals surface area contributed by atoms with E-state index in [9.17, 15) is 0 Å². The molecule has 4 aromatic carbocycles. The average Bonchev–Trinajstić information content (AvgIpc) is 3.32. The Morgan fingerprint density at radius 2 is 1.54 bits per heavy atom. The van der Waals surface area contributed by atoms with Gasteiger partial charge in [0.2, 0.25) is 0 Å². The van der Waals surface area contributed by atoms with Gasteiger partial charge < -0.3 is 24.8 Å². The number of benzene rings is 3. The Bertz CT molecular complexity index is 989. The Hall–Kier alpha value is -1.05. The monoisotopic (exact) mass is 498 g/mol. The molecule has 0 spiro atoms.